The molecule has 0 amide bonds. The molecule has 0 aliphatic carbocycles. The number of rotatable bonds is 9. The van der Waals surface area contributed by atoms with Crippen molar-refractivity contribution >= 4 is 11.7 Å². The first-order valence-electron chi connectivity index (χ1n) is 9.25. The van der Waals surface area contributed by atoms with Crippen molar-refractivity contribution in [1.29, 1.82) is 0 Å². The molecule has 0 aromatic heterocycles. The van der Waals surface area contributed by atoms with Crippen LogP contribution in [0, 0.1) is 5.82 Å². The molecule has 3 rings (SSSR count). The highest BCUT2D eigenvalue weighted by Crippen LogP contribution is 2.29. The number of benzene rings is 3. The summed E-state index contributed by atoms with van der Waals surface area (Å²) in [6, 6.07) is 18.5. The molecule has 0 bridgehead atoms. The average Bonchev–Trinajstić information content (AvgIpc) is 2.72. The van der Waals surface area contributed by atoms with Crippen LogP contribution in [0.5, 0.6) is 11.5 Å². The van der Waals surface area contributed by atoms with Gasteiger partial charge in [0.1, 0.15) is 12.4 Å². The summed E-state index contributed by atoms with van der Waals surface area (Å²) in [6.45, 7) is 3.09. The van der Waals surface area contributed by atoms with E-state index in [1.807, 2.05) is 31.2 Å². The minimum absolute atomic E-state index is 0.228. The Kier molecular flexibility index (Phi) is 6.68. The van der Waals surface area contributed by atoms with Crippen LogP contribution in [0.15, 0.2) is 66.7 Å². The van der Waals surface area contributed by atoms with Crippen LogP contribution in [-0.4, -0.2) is 17.7 Å². The van der Waals surface area contributed by atoms with E-state index in [2.05, 4.69) is 5.32 Å². The number of halogens is 1. The summed E-state index contributed by atoms with van der Waals surface area (Å²) in [4.78, 5) is 11.1. The fourth-order valence-electron chi connectivity index (χ4n) is 2.80. The van der Waals surface area contributed by atoms with Gasteiger partial charge in [-0.15, -0.1) is 0 Å². The molecule has 0 saturated heterocycles. The molecule has 0 atom stereocenters. The second kappa shape index (κ2) is 9.59. The van der Waals surface area contributed by atoms with Crippen LogP contribution in [-0.2, 0) is 13.2 Å². The van der Waals surface area contributed by atoms with Crippen molar-refractivity contribution in [2.45, 2.75) is 20.1 Å². The molecule has 0 heterocycles. The van der Waals surface area contributed by atoms with E-state index in [4.69, 9.17) is 14.6 Å². The van der Waals surface area contributed by atoms with Gasteiger partial charge in [0.15, 0.2) is 11.5 Å². The third-order valence-electron chi connectivity index (χ3n) is 4.20. The van der Waals surface area contributed by atoms with Gasteiger partial charge in [0.05, 0.1) is 12.2 Å². The summed E-state index contributed by atoms with van der Waals surface area (Å²) in [5.41, 5.74) is 2.63. The lowest BCUT2D eigenvalue weighted by atomic mass is 10.1. The molecule has 0 saturated carbocycles. The monoisotopic (exact) mass is 395 g/mol. The molecule has 0 unspecified atom stereocenters. The number of aromatic carboxylic acids is 1. The van der Waals surface area contributed by atoms with E-state index in [1.54, 1.807) is 30.3 Å². The fraction of sp³-hybridized carbons (Fsp3) is 0.174. The number of hydrogen-bond acceptors (Lipinski definition) is 4. The molecule has 150 valence electrons. The quantitative estimate of drug-likeness (QED) is 0.527. The minimum atomic E-state index is -0.966. The first kappa shape index (κ1) is 20.2. The number of nitrogens with one attached hydrogen (secondary N) is 1. The zero-order valence-electron chi connectivity index (χ0n) is 16.0. The zero-order valence-corrected chi connectivity index (χ0v) is 16.0. The van der Waals surface area contributed by atoms with Gasteiger partial charge in [0, 0.05) is 12.2 Å². The molecule has 3 aromatic carbocycles. The maximum atomic E-state index is 13.3. The van der Waals surface area contributed by atoms with Gasteiger partial charge in [-0.25, -0.2) is 9.18 Å². The third-order valence-corrected chi connectivity index (χ3v) is 4.20. The number of ether oxygens (including phenoxy) is 2. The Balaban J connectivity index is 1.68. The van der Waals surface area contributed by atoms with Crippen LogP contribution in [0.2, 0.25) is 0 Å². The van der Waals surface area contributed by atoms with E-state index in [1.165, 1.54) is 12.1 Å². The van der Waals surface area contributed by atoms with E-state index < -0.39 is 5.97 Å². The number of carboxylic acid groups (broad SMARTS) is 1. The normalized spacial score (nSPS) is 10.4. The molecule has 3 aromatic rings. The van der Waals surface area contributed by atoms with Gasteiger partial charge < -0.3 is 19.9 Å². The Morgan fingerprint density at radius 1 is 0.966 bits per heavy atom. The topological polar surface area (TPSA) is 67.8 Å². The molecule has 6 heteroatoms. The van der Waals surface area contributed by atoms with E-state index in [9.17, 15) is 9.18 Å². The van der Waals surface area contributed by atoms with E-state index in [-0.39, 0.29) is 18.0 Å². The smallest absolute Gasteiger partial charge is 0.335 e. The van der Waals surface area contributed by atoms with Crippen LogP contribution in [0.1, 0.15) is 28.4 Å². The summed E-state index contributed by atoms with van der Waals surface area (Å²) in [6.07, 6.45) is 0. The largest absolute Gasteiger partial charge is 0.490 e. The maximum absolute atomic E-state index is 13.3. The summed E-state index contributed by atoms with van der Waals surface area (Å²) in [7, 11) is 0. The van der Waals surface area contributed by atoms with Gasteiger partial charge in [-0.2, -0.15) is 0 Å². The lowest BCUT2D eigenvalue weighted by molar-refractivity contribution is 0.0697. The molecule has 29 heavy (non-hydrogen) atoms. The van der Waals surface area contributed by atoms with Gasteiger partial charge >= 0.3 is 5.97 Å². The first-order chi connectivity index (χ1) is 14.0. The Labute approximate surface area is 168 Å². The third kappa shape index (κ3) is 5.72. The van der Waals surface area contributed by atoms with Gasteiger partial charge in [-0.3, -0.25) is 0 Å². The average molecular weight is 395 g/mol. The van der Waals surface area contributed by atoms with Crippen molar-refractivity contribution in [3.05, 3.63) is 89.2 Å². The Bertz CT molecular complexity index is 990. The van der Waals surface area contributed by atoms with Crippen LogP contribution in [0.3, 0.4) is 0 Å². The SMILES string of the molecule is CCOc1cc(CNc2cccc(C(=O)O)c2)ccc1OCc1cccc(F)c1. The molecule has 0 fully saturated rings. The van der Waals surface area contributed by atoms with Gasteiger partial charge in [0.25, 0.3) is 0 Å². The van der Waals surface area contributed by atoms with Crippen molar-refractivity contribution in [3.63, 3.8) is 0 Å². The summed E-state index contributed by atoms with van der Waals surface area (Å²) < 4.78 is 24.8. The van der Waals surface area contributed by atoms with E-state index in [0.717, 1.165) is 11.1 Å². The molecular weight excluding hydrogens is 373 g/mol. The van der Waals surface area contributed by atoms with Gasteiger partial charge in [0.2, 0.25) is 0 Å². The number of hydrogen-bond donors (Lipinski definition) is 2. The van der Waals surface area contributed by atoms with Crippen molar-refractivity contribution in [2.75, 3.05) is 11.9 Å². The lowest BCUT2D eigenvalue weighted by Crippen LogP contribution is -2.04. The molecule has 2 N–H and O–H groups in total. The van der Waals surface area contributed by atoms with Crippen molar-refractivity contribution in [1.82, 2.24) is 0 Å². The minimum Gasteiger partial charge on any atom is -0.490 e. The van der Waals surface area contributed by atoms with Crippen molar-refractivity contribution in [3.8, 4) is 11.5 Å². The number of carboxylic acids is 1. The highest BCUT2D eigenvalue weighted by atomic mass is 19.1. The fourth-order valence-corrected chi connectivity index (χ4v) is 2.80. The molecular formula is C23H22FNO4. The molecule has 5 nitrogen and oxygen atoms in total. The standard InChI is InChI=1S/C23H22FNO4/c1-2-28-22-12-16(14-25-20-8-4-6-18(13-20)23(26)27)9-10-21(22)29-15-17-5-3-7-19(24)11-17/h3-13,25H,2,14-15H2,1H3,(H,26,27). The molecule has 0 aliphatic heterocycles. The van der Waals surface area contributed by atoms with Crippen LogP contribution in [0.4, 0.5) is 10.1 Å². The van der Waals surface area contributed by atoms with Crippen molar-refractivity contribution in [2.24, 2.45) is 0 Å². The summed E-state index contributed by atoms with van der Waals surface area (Å²) >= 11 is 0. The van der Waals surface area contributed by atoms with E-state index >= 15 is 0 Å². The van der Waals surface area contributed by atoms with Crippen LogP contribution < -0.4 is 14.8 Å². The number of anilines is 1. The lowest BCUT2D eigenvalue weighted by Gasteiger charge is -2.14. The highest BCUT2D eigenvalue weighted by Gasteiger charge is 2.08. The predicted molar refractivity (Wildman–Crippen MR) is 109 cm³/mol. The second-order valence-electron chi connectivity index (χ2n) is 6.37. The molecule has 0 aliphatic rings. The zero-order chi connectivity index (χ0) is 20.6. The Morgan fingerprint density at radius 2 is 1.79 bits per heavy atom. The van der Waals surface area contributed by atoms with Gasteiger partial charge in [-0.1, -0.05) is 24.3 Å². The molecule has 0 spiro atoms. The van der Waals surface area contributed by atoms with Crippen LogP contribution >= 0.6 is 0 Å². The highest BCUT2D eigenvalue weighted by molar-refractivity contribution is 5.88. The van der Waals surface area contributed by atoms with Crippen LogP contribution in [0.25, 0.3) is 0 Å². The number of carbonyl (C=O) groups is 1. The van der Waals surface area contributed by atoms with Gasteiger partial charge in [-0.05, 0) is 60.5 Å². The Hall–Kier alpha value is -3.54. The Morgan fingerprint density at radius 3 is 2.55 bits per heavy atom. The second-order valence-corrected chi connectivity index (χ2v) is 6.37. The maximum Gasteiger partial charge on any atom is 0.335 e. The molecule has 0 radical (unpaired) electrons. The summed E-state index contributed by atoms with van der Waals surface area (Å²) in [5.74, 6) is -0.0909. The van der Waals surface area contributed by atoms with Crippen molar-refractivity contribution < 1.29 is 23.8 Å². The van der Waals surface area contributed by atoms with E-state index in [0.29, 0.717) is 30.3 Å². The summed E-state index contributed by atoms with van der Waals surface area (Å²) in [5, 5.41) is 12.3. The predicted octanol–water partition coefficient (Wildman–Crippen LogP) is 5.11. The first-order valence-corrected chi connectivity index (χ1v) is 9.25.